The van der Waals surface area contributed by atoms with Gasteiger partial charge in [-0.15, -0.1) is 6.42 Å². The molecule has 2 aromatic carbocycles. The van der Waals surface area contributed by atoms with Crippen molar-refractivity contribution >= 4 is 65.6 Å². The summed E-state index contributed by atoms with van der Waals surface area (Å²) in [6.45, 7) is 6.96. The van der Waals surface area contributed by atoms with E-state index >= 15 is 0 Å². The Labute approximate surface area is 538 Å². The van der Waals surface area contributed by atoms with Crippen LogP contribution in [-0.2, 0) is 49.5 Å². The summed E-state index contributed by atoms with van der Waals surface area (Å²) in [4.78, 5) is 114. The Morgan fingerprint density at radius 3 is 2.13 bits per heavy atom. The number of aromatic nitrogens is 1. The quantitative estimate of drug-likeness (QED) is 0.0130. The van der Waals surface area contributed by atoms with Crippen LogP contribution in [0.15, 0.2) is 59.8 Å². The monoisotopic (exact) mass is 1280 g/mol. The predicted octanol–water partition coefficient (Wildman–Crippen LogP) is 4.77. The average molecular weight is 1290 g/mol. The van der Waals surface area contributed by atoms with Crippen molar-refractivity contribution in [2.24, 2.45) is 11.0 Å². The molecule has 0 saturated carbocycles. The number of piperidine rings is 1. The fourth-order valence-corrected chi connectivity index (χ4v) is 11.5. The number of benzene rings is 2. The standard InChI is InChI=1S/C66H94F2N12O12/c1-3-54-42-66(67,68)46-80(54)63(86)43-71-65(89)56-24-29-69-58-23-22-55(41-57(56)58)92-40-11-8-13-53-25-30-79(31-26-53)62(85)17-6-4-5-9-28-72-74-59(15-7-10-27-70-60(83)16-12-14-52-20-18-51(2)19-21-52)73-61(84)44-75-32-33-76(45-64(87)88)35-37-78(48-91-50-82)39-38-77(36-34-75)47-90-49-81/h1,18-24,28-29,41,49-50,53-54,59,74H,4-17,25-27,30-40,42-48H2,2H3,(H,70,83)(H,71,89)(H,73,84)(H,87,88)/b72-28+/t54-,59?/m0/s1. The smallest absolute Gasteiger partial charge is 0.317 e. The van der Waals surface area contributed by atoms with Crippen LogP contribution in [0.25, 0.3) is 10.9 Å². The van der Waals surface area contributed by atoms with Gasteiger partial charge in [0.1, 0.15) is 25.4 Å². The molecule has 3 aliphatic heterocycles. The number of carboxylic acid groups (broad SMARTS) is 1. The molecule has 6 rings (SSSR count). The van der Waals surface area contributed by atoms with Crippen LogP contribution in [0.1, 0.15) is 124 Å². The van der Waals surface area contributed by atoms with E-state index in [1.807, 2.05) is 26.5 Å². The number of nitrogens with zero attached hydrogens (tertiary/aromatic N) is 8. The number of fused-ring (bicyclic) bond motifs is 1. The van der Waals surface area contributed by atoms with Gasteiger partial charge in [-0.2, -0.15) is 5.10 Å². The van der Waals surface area contributed by atoms with E-state index in [0.717, 1.165) is 82.2 Å². The molecule has 3 fully saturated rings. The number of rotatable bonds is 37. The summed E-state index contributed by atoms with van der Waals surface area (Å²) in [6, 6.07) is 14.1. The zero-order chi connectivity index (χ0) is 65.9. The van der Waals surface area contributed by atoms with Gasteiger partial charge in [-0.3, -0.25) is 68.4 Å². The minimum Gasteiger partial charge on any atom is -0.494 e. The number of likely N-dealkylation sites (tertiary alicyclic amines) is 2. The molecule has 5 amide bonds. The number of aryl methyl sites for hydroxylation is 2. The second-order valence-corrected chi connectivity index (χ2v) is 24.0. The van der Waals surface area contributed by atoms with Crippen molar-refractivity contribution in [1.82, 2.24) is 55.8 Å². The Bertz CT molecular complexity index is 2890. The number of hydrazone groups is 1. The molecule has 0 aliphatic carbocycles. The molecule has 0 bridgehead atoms. The fourth-order valence-electron chi connectivity index (χ4n) is 11.5. The van der Waals surface area contributed by atoms with Crippen LogP contribution in [0.4, 0.5) is 8.78 Å². The molecule has 24 nitrogen and oxygen atoms in total. The number of nitrogens with one attached hydrogen (secondary N) is 4. The number of carboxylic acids is 1. The molecule has 3 aliphatic rings. The highest BCUT2D eigenvalue weighted by Gasteiger charge is 2.46. The van der Waals surface area contributed by atoms with Crippen molar-refractivity contribution in [2.45, 2.75) is 134 Å². The Hall–Kier alpha value is -7.86. The van der Waals surface area contributed by atoms with Gasteiger partial charge < -0.3 is 45.1 Å². The van der Waals surface area contributed by atoms with Gasteiger partial charge in [-0.1, -0.05) is 48.6 Å². The third-order valence-electron chi connectivity index (χ3n) is 16.8. The summed E-state index contributed by atoms with van der Waals surface area (Å²) in [5.41, 5.74) is 6.34. The molecule has 26 heteroatoms. The van der Waals surface area contributed by atoms with Gasteiger partial charge in [0.2, 0.25) is 23.6 Å². The van der Waals surface area contributed by atoms with Gasteiger partial charge in [-0.25, -0.2) is 8.78 Å². The lowest BCUT2D eigenvalue weighted by Crippen LogP contribution is -2.51. The first-order valence-corrected chi connectivity index (χ1v) is 32.3. The van der Waals surface area contributed by atoms with E-state index in [4.69, 9.17) is 20.6 Å². The van der Waals surface area contributed by atoms with E-state index in [0.29, 0.717) is 140 Å². The van der Waals surface area contributed by atoms with Crippen LogP contribution in [-0.4, -0.2) is 231 Å². The van der Waals surface area contributed by atoms with E-state index in [2.05, 4.69) is 61.6 Å². The summed E-state index contributed by atoms with van der Waals surface area (Å²) < 4.78 is 44.1. The maximum atomic E-state index is 14.0. The van der Waals surface area contributed by atoms with Gasteiger partial charge >= 0.3 is 5.97 Å². The maximum Gasteiger partial charge on any atom is 0.317 e. The Balaban J connectivity index is 0.892. The Morgan fingerprint density at radius 1 is 0.772 bits per heavy atom. The van der Waals surface area contributed by atoms with Crippen LogP contribution in [0.2, 0.25) is 0 Å². The lowest BCUT2D eigenvalue weighted by atomic mass is 9.91. The van der Waals surface area contributed by atoms with Crippen molar-refractivity contribution in [3.8, 4) is 18.1 Å². The molecular formula is C66H94F2N12O12. The van der Waals surface area contributed by atoms with E-state index in [-0.39, 0.29) is 49.8 Å². The number of pyridine rings is 1. The molecule has 3 saturated heterocycles. The number of amides is 5. The number of carbonyl (C=O) groups is 8. The number of terminal acetylenes is 1. The third-order valence-corrected chi connectivity index (χ3v) is 16.8. The van der Waals surface area contributed by atoms with Gasteiger partial charge in [0.05, 0.1) is 49.9 Å². The van der Waals surface area contributed by atoms with Gasteiger partial charge in [0.15, 0.2) is 0 Å². The van der Waals surface area contributed by atoms with Gasteiger partial charge in [0, 0.05) is 109 Å². The highest BCUT2D eigenvalue weighted by atomic mass is 19.3. The Morgan fingerprint density at radius 2 is 1.46 bits per heavy atom. The minimum absolute atomic E-state index is 0.00152. The lowest BCUT2D eigenvalue weighted by Gasteiger charge is -2.33. The molecule has 92 heavy (non-hydrogen) atoms. The average Bonchev–Trinajstić information content (AvgIpc) is 1.37. The second kappa shape index (κ2) is 40.2. The van der Waals surface area contributed by atoms with Crippen molar-refractivity contribution in [2.75, 3.05) is 118 Å². The molecule has 4 heterocycles. The lowest BCUT2D eigenvalue weighted by molar-refractivity contribution is -0.139. The molecule has 2 atom stereocenters. The zero-order valence-electron chi connectivity index (χ0n) is 53.3. The number of ether oxygens (including phenoxy) is 3. The second-order valence-electron chi connectivity index (χ2n) is 24.0. The van der Waals surface area contributed by atoms with Crippen LogP contribution in [0.5, 0.6) is 5.75 Å². The number of halogens is 2. The molecular weight excluding hydrogens is 1190 g/mol. The zero-order valence-corrected chi connectivity index (χ0v) is 53.3. The first-order valence-electron chi connectivity index (χ1n) is 32.3. The third kappa shape index (κ3) is 27.1. The number of hydrogen-bond acceptors (Lipinski definition) is 18. The van der Waals surface area contributed by atoms with Crippen LogP contribution in [0.3, 0.4) is 0 Å². The van der Waals surface area contributed by atoms with Crippen molar-refractivity contribution in [1.29, 1.82) is 0 Å². The molecule has 3 aromatic rings. The molecule has 1 aromatic heterocycles. The first kappa shape index (κ1) is 73.2. The Kier molecular flexibility index (Phi) is 32.0. The van der Waals surface area contributed by atoms with E-state index in [1.165, 1.54) is 23.4 Å². The van der Waals surface area contributed by atoms with E-state index < -0.39 is 55.4 Å². The number of aliphatic carboxylic acids is 1. The number of hydrogen-bond donors (Lipinski definition) is 5. The fraction of sp³-hybridized carbons (Fsp3) is 0.606. The summed E-state index contributed by atoms with van der Waals surface area (Å²) in [6.07, 6.45) is 19.6. The maximum absolute atomic E-state index is 14.0. The molecule has 0 spiro atoms. The van der Waals surface area contributed by atoms with Gasteiger partial charge in [0.25, 0.3) is 24.8 Å². The minimum atomic E-state index is -3.08. The molecule has 0 radical (unpaired) electrons. The highest BCUT2D eigenvalue weighted by Crippen LogP contribution is 2.32. The number of carbonyl (C=O) groups excluding carboxylic acids is 7. The van der Waals surface area contributed by atoms with E-state index in [9.17, 15) is 52.2 Å². The van der Waals surface area contributed by atoms with Crippen molar-refractivity contribution in [3.63, 3.8) is 0 Å². The van der Waals surface area contributed by atoms with Crippen LogP contribution >= 0.6 is 0 Å². The SMILES string of the molecule is C#C[C@H]1CC(F)(F)CN1C(=O)CNC(=O)c1ccnc2ccc(OCCCCC3CCN(C(=O)CCCCC/C=N/NC(CCCCNC(=O)CCCc4ccc(C)cc4)NC(=O)CN4CCN(COC=O)CCN(COC=O)CCN(CC(=O)O)CC4)CC3)cc12. The highest BCUT2D eigenvalue weighted by molar-refractivity contribution is 6.07. The van der Waals surface area contributed by atoms with Crippen LogP contribution in [0, 0.1) is 25.2 Å². The summed E-state index contributed by atoms with van der Waals surface area (Å²) >= 11 is 0. The summed E-state index contributed by atoms with van der Waals surface area (Å²) in [5, 5.41) is 23.4. The van der Waals surface area contributed by atoms with Gasteiger partial charge in [-0.05, 0) is 120 Å². The summed E-state index contributed by atoms with van der Waals surface area (Å²) in [7, 11) is 0. The topological polar surface area (TPSA) is 277 Å². The summed E-state index contributed by atoms with van der Waals surface area (Å²) in [5.74, 6) is -2.12. The molecule has 5 N–H and O–H groups in total. The predicted molar refractivity (Wildman–Crippen MR) is 342 cm³/mol. The van der Waals surface area contributed by atoms with Crippen LogP contribution < -0.4 is 26.1 Å². The molecule has 1 unspecified atom stereocenters. The van der Waals surface area contributed by atoms with Crippen molar-refractivity contribution < 1.29 is 66.5 Å². The van der Waals surface area contributed by atoms with Crippen molar-refractivity contribution in [3.05, 3.63) is 71.4 Å². The number of unbranched alkanes of at least 4 members (excludes halogenated alkanes) is 5. The first-order chi connectivity index (χ1) is 44.5. The largest absolute Gasteiger partial charge is 0.494 e. The molecule has 504 valence electrons. The number of alkyl halides is 2. The van der Waals surface area contributed by atoms with E-state index in [1.54, 1.807) is 29.3 Å². The normalized spacial score (nSPS) is 17.6.